The van der Waals surface area contributed by atoms with Gasteiger partial charge in [0.25, 0.3) is 0 Å². The average Bonchev–Trinajstić information content (AvgIpc) is 2.24. The number of aromatic carboxylic acids is 1. The van der Waals surface area contributed by atoms with E-state index in [1.807, 2.05) is 20.8 Å². The fourth-order valence-electron chi connectivity index (χ4n) is 1.33. The Morgan fingerprint density at radius 2 is 2.12 bits per heavy atom. The van der Waals surface area contributed by atoms with Crippen molar-refractivity contribution in [1.29, 1.82) is 0 Å². The summed E-state index contributed by atoms with van der Waals surface area (Å²) in [5, 5.41) is 12.0. The highest BCUT2D eigenvalue weighted by molar-refractivity contribution is 5.88. The van der Waals surface area contributed by atoms with Crippen LogP contribution in [-0.4, -0.2) is 29.1 Å². The van der Waals surface area contributed by atoms with Gasteiger partial charge in [-0.2, -0.15) is 0 Å². The number of pyridine rings is 1. The van der Waals surface area contributed by atoms with Crippen molar-refractivity contribution >= 4 is 11.8 Å². The molecule has 0 fully saturated rings. The lowest BCUT2D eigenvalue weighted by Crippen LogP contribution is -2.18. The first-order valence-corrected chi connectivity index (χ1v) is 5.54. The fraction of sp³-hybridized carbons (Fsp3) is 0.500. The summed E-state index contributed by atoms with van der Waals surface area (Å²) in [6.45, 7) is 7.03. The van der Waals surface area contributed by atoms with E-state index in [4.69, 9.17) is 10.8 Å². The lowest BCUT2D eigenvalue weighted by atomic mass is 9.91. The molecule has 5 heteroatoms. The molecule has 1 aromatic rings. The first-order valence-electron chi connectivity index (χ1n) is 5.54. The van der Waals surface area contributed by atoms with Gasteiger partial charge in [0.15, 0.2) is 0 Å². The summed E-state index contributed by atoms with van der Waals surface area (Å²) < 4.78 is 0. The van der Waals surface area contributed by atoms with E-state index in [1.165, 1.54) is 6.07 Å². The molecule has 0 spiro atoms. The molecular formula is C12H19N3O2. The van der Waals surface area contributed by atoms with Gasteiger partial charge in [0.1, 0.15) is 5.82 Å². The summed E-state index contributed by atoms with van der Waals surface area (Å²) in [6, 6.07) is 3.13. The molecule has 0 radical (unpaired) electrons. The summed E-state index contributed by atoms with van der Waals surface area (Å²) >= 11 is 0. The van der Waals surface area contributed by atoms with Crippen LogP contribution < -0.4 is 11.1 Å². The van der Waals surface area contributed by atoms with Crippen molar-refractivity contribution in [3.8, 4) is 0 Å². The summed E-state index contributed by atoms with van der Waals surface area (Å²) in [5.41, 5.74) is 6.19. The van der Waals surface area contributed by atoms with Crippen molar-refractivity contribution < 1.29 is 9.90 Å². The fourth-order valence-corrected chi connectivity index (χ4v) is 1.33. The molecule has 1 aromatic heterocycles. The van der Waals surface area contributed by atoms with Crippen LogP contribution in [0.4, 0.5) is 5.82 Å². The average molecular weight is 237 g/mol. The Kier molecular flexibility index (Phi) is 4.07. The number of nitrogens with two attached hydrogens (primary N) is 1. The molecule has 0 saturated heterocycles. The number of carboxylic acid groups (broad SMARTS) is 1. The molecule has 5 nitrogen and oxygen atoms in total. The Morgan fingerprint density at radius 1 is 1.47 bits per heavy atom. The van der Waals surface area contributed by atoms with Crippen molar-refractivity contribution in [3.05, 3.63) is 23.4 Å². The van der Waals surface area contributed by atoms with E-state index in [2.05, 4.69) is 10.3 Å². The van der Waals surface area contributed by atoms with Crippen molar-refractivity contribution in [2.45, 2.75) is 26.2 Å². The number of hydrogen-bond acceptors (Lipinski definition) is 4. The van der Waals surface area contributed by atoms with Crippen LogP contribution in [0.1, 0.15) is 36.8 Å². The lowest BCUT2D eigenvalue weighted by molar-refractivity contribution is 0.0696. The van der Waals surface area contributed by atoms with Gasteiger partial charge in [0.2, 0.25) is 0 Å². The topological polar surface area (TPSA) is 88.2 Å². The number of anilines is 1. The van der Waals surface area contributed by atoms with Crippen LogP contribution >= 0.6 is 0 Å². The maximum atomic E-state index is 11.0. The Hall–Kier alpha value is -1.62. The number of carbonyl (C=O) groups is 1. The van der Waals surface area contributed by atoms with Gasteiger partial charge in [0.05, 0.1) is 5.56 Å². The van der Waals surface area contributed by atoms with E-state index in [1.54, 1.807) is 6.07 Å². The lowest BCUT2D eigenvalue weighted by Gasteiger charge is -2.19. The monoisotopic (exact) mass is 237 g/mol. The van der Waals surface area contributed by atoms with E-state index < -0.39 is 5.97 Å². The van der Waals surface area contributed by atoms with Crippen LogP contribution in [0.3, 0.4) is 0 Å². The molecular weight excluding hydrogens is 218 g/mol. The predicted octanol–water partition coefficient (Wildman–Crippen LogP) is 1.45. The molecule has 4 N–H and O–H groups in total. The van der Waals surface area contributed by atoms with Crippen molar-refractivity contribution in [3.63, 3.8) is 0 Å². The van der Waals surface area contributed by atoms with Crippen LogP contribution in [0.2, 0.25) is 0 Å². The van der Waals surface area contributed by atoms with Gasteiger partial charge in [-0.15, -0.1) is 0 Å². The predicted molar refractivity (Wildman–Crippen MR) is 67.4 cm³/mol. The molecule has 0 aliphatic rings. The van der Waals surface area contributed by atoms with Gasteiger partial charge in [-0.25, -0.2) is 9.78 Å². The van der Waals surface area contributed by atoms with E-state index in [0.717, 1.165) is 5.69 Å². The third kappa shape index (κ3) is 3.71. The molecule has 94 valence electrons. The molecule has 0 aliphatic heterocycles. The van der Waals surface area contributed by atoms with E-state index in [9.17, 15) is 4.79 Å². The summed E-state index contributed by atoms with van der Waals surface area (Å²) in [7, 11) is 0. The second kappa shape index (κ2) is 5.14. The van der Waals surface area contributed by atoms with Gasteiger partial charge in [-0.1, -0.05) is 20.8 Å². The van der Waals surface area contributed by atoms with Gasteiger partial charge in [-0.3, -0.25) is 0 Å². The minimum Gasteiger partial charge on any atom is -0.478 e. The second-order valence-corrected chi connectivity index (χ2v) is 4.90. The zero-order valence-electron chi connectivity index (χ0n) is 10.4. The Bertz CT molecular complexity index is 411. The van der Waals surface area contributed by atoms with Crippen LogP contribution in [0.15, 0.2) is 12.1 Å². The third-order valence-electron chi connectivity index (χ3n) is 2.29. The Labute approximate surface area is 101 Å². The zero-order valence-corrected chi connectivity index (χ0v) is 10.4. The number of aromatic nitrogens is 1. The molecule has 1 heterocycles. The highest BCUT2D eigenvalue weighted by Gasteiger charge is 2.18. The van der Waals surface area contributed by atoms with Gasteiger partial charge in [0, 0.05) is 24.2 Å². The van der Waals surface area contributed by atoms with Crippen molar-refractivity contribution in [2.24, 2.45) is 5.73 Å². The molecule has 0 atom stereocenters. The zero-order chi connectivity index (χ0) is 13.1. The molecule has 1 rings (SSSR count). The van der Waals surface area contributed by atoms with Gasteiger partial charge in [-0.05, 0) is 12.1 Å². The number of rotatable bonds is 4. The molecule has 0 aromatic carbocycles. The molecule has 0 amide bonds. The molecule has 0 bridgehead atoms. The first-order chi connectivity index (χ1) is 7.84. The smallest absolute Gasteiger partial charge is 0.335 e. The minimum atomic E-state index is -0.950. The maximum Gasteiger partial charge on any atom is 0.335 e. The minimum absolute atomic E-state index is 0.190. The van der Waals surface area contributed by atoms with E-state index in [-0.39, 0.29) is 11.0 Å². The standard InChI is InChI=1S/C12H19N3O2/c1-12(2,3)9-6-8(11(16)17)7-10(15-9)14-5-4-13/h6-7H,4-5,13H2,1-3H3,(H,14,15)(H,16,17). The second-order valence-electron chi connectivity index (χ2n) is 4.90. The highest BCUT2D eigenvalue weighted by atomic mass is 16.4. The number of nitrogens with one attached hydrogen (secondary N) is 1. The van der Waals surface area contributed by atoms with Crippen LogP contribution in [0, 0.1) is 0 Å². The Balaban J connectivity index is 3.14. The summed E-state index contributed by atoms with van der Waals surface area (Å²) in [6.07, 6.45) is 0. The number of carboxylic acids is 1. The maximum absolute atomic E-state index is 11.0. The molecule has 17 heavy (non-hydrogen) atoms. The molecule has 0 saturated carbocycles. The van der Waals surface area contributed by atoms with Crippen LogP contribution in [0.5, 0.6) is 0 Å². The SMILES string of the molecule is CC(C)(C)c1cc(C(=O)O)cc(NCCN)n1. The van der Waals surface area contributed by atoms with E-state index in [0.29, 0.717) is 18.9 Å². The highest BCUT2D eigenvalue weighted by Crippen LogP contribution is 2.23. The van der Waals surface area contributed by atoms with Gasteiger partial charge < -0.3 is 16.2 Å². The first kappa shape index (κ1) is 13.4. The largest absolute Gasteiger partial charge is 0.478 e. The molecule has 0 aliphatic carbocycles. The third-order valence-corrected chi connectivity index (χ3v) is 2.29. The number of hydrogen-bond donors (Lipinski definition) is 3. The quantitative estimate of drug-likeness (QED) is 0.737. The van der Waals surface area contributed by atoms with Crippen molar-refractivity contribution in [2.75, 3.05) is 18.4 Å². The molecule has 0 unspecified atom stereocenters. The van der Waals surface area contributed by atoms with Crippen LogP contribution in [0.25, 0.3) is 0 Å². The number of nitrogens with zero attached hydrogens (tertiary/aromatic N) is 1. The van der Waals surface area contributed by atoms with Crippen molar-refractivity contribution in [1.82, 2.24) is 4.98 Å². The summed E-state index contributed by atoms with van der Waals surface area (Å²) in [4.78, 5) is 15.4. The van der Waals surface area contributed by atoms with Gasteiger partial charge >= 0.3 is 5.97 Å². The van der Waals surface area contributed by atoms with E-state index >= 15 is 0 Å². The summed E-state index contributed by atoms with van der Waals surface area (Å²) in [5.74, 6) is -0.394. The van der Waals surface area contributed by atoms with Crippen LogP contribution in [-0.2, 0) is 5.41 Å². The Morgan fingerprint density at radius 3 is 2.59 bits per heavy atom. The normalized spacial score (nSPS) is 11.3.